The van der Waals surface area contributed by atoms with Gasteiger partial charge in [-0.05, 0) is 19.1 Å². The standard InChI is InChI=1S/C10H7N3O3S2/c1-6-11-12-10(17-6)18-8-2-3-9(13(15)16)7(4-8)5-14/h2-5H,1H3. The van der Waals surface area contributed by atoms with E-state index in [0.29, 0.717) is 6.29 Å². The fourth-order valence-electron chi connectivity index (χ4n) is 1.28. The van der Waals surface area contributed by atoms with Gasteiger partial charge in [-0.3, -0.25) is 14.9 Å². The van der Waals surface area contributed by atoms with Gasteiger partial charge >= 0.3 is 0 Å². The van der Waals surface area contributed by atoms with Crippen molar-refractivity contribution in [3.8, 4) is 0 Å². The maximum Gasteiger partial charge on any atom is 0.279 e. The van der Waals surface area contributed by atoms with Gasteiger partial charge in [0, 0.05) is 11.0 Å². The number of aldehydes is 1. The van der Waals surface area contributed by atoms with Gasteiger partial charge in [-0.25, -0.2) is 0 Å². The predicted molar refractivity (Wildman–Crippen MR) is 67.3 cm³/mol. The van der Waals surface area contributed by atoms with Crippen LogP contribution in [0.1, 0.15) is 15.4 Å². The van der Waals surface area contributed by atoms with E-state index < -0.39 is 4.92 Å². The monoisotopic (exact) mass is 281 g/mol. The second-order valence-corrected chi connectivity index (χ2v) is 5.79. The van der Waals surface area contributed by atoms with Crippen LogP contribution in [0.3, 0.4) is 0 Å². The fourth-order valence-corrected chi connectivity index (χ4v) is 3.12. The minimum Gasteiger partial charge on any atom is -0.298 e. The van der Waals surface area contributed by atoms with E-state index in [9.17, 15) is 14.9 Å². The van der Waals surface area contributed by atoms with Crippen molar-refractivity contribution >= 4 is 35.1 Å². The topological polar surface area (TPSA) is 86.0 Å². The van der Waals surface area contributed by atoms with Crippen LogP contribution in [-0.4, -0.2) is 21.4 Å². The van der Waals surface area contributed by atoms with E-state index in [1.165, 1.54) is 35.2 Å². The number of hydrogen-bond acceptors (Lipinski definition) is 7. The summed E-state index contributed by atoms with van der Waals surface area (Å²) in [5.74, 6) is 0. The molecule has 0 aliphatic carbocycles. The molecule has 1 heterocycles. The van der Waals surface area contributed by atoms with Gasteiger partial charge < -0.3 is 0 Å². The highest BCUT2D eigenvalue weighted by atomic mass is 32.2. The number of benzene rings is 1. The fraction of sp³-hybridized carbons (Fsp3) is 0.100. The molecule has 1 aromatic carbocycles. The summed E-state index contributed by atoms with van der Waals surface area (Å²) in [4.78, 5) is 21.6. The van der Waals surface area contributed by atoms with E-state index in [1.807, 2.05) is 6.92 Å². The van der Waals surface area contributed by atoms with Crippen LogP contribution in [0.2, 0.25) is 0 Å². The quantitative estimate of drug-likeness (QED) is 0.486. The zero-order valence-corrected chi connectivity index (χ0v) is 10.8. The highest BCUT2D eigenvalue weighted by molar-refractivity contribution is 8.01. The van der Waals surface area contributed by atoms with Gasteiger partial charge in [-0.2, -0.15) is 0 Å². The van der Waals surface area contributed by atoms with E-state index in [-0.39, 0.29) is 11.3 Å². The Balaban J connectivity index is 2.30. The lowest BCUT2D eigenvalue weighted by Gasteiger charge is -1.99. The van der Waals surface area contributed by atoms with E-state index in [1.54, 1.807) is 6.07 Å². The zero-order valence-electron chi connectivity index (χ0n) is 9.19. The number of carbonyl (C=O) groups is 1. The van der Waals surface area contributed by atoms with Crippen LogP contribution in [0.25, 0.3) is 0 Å². The van der Waals surface area contributed by atoms with Crippen LogP contribution >= 0.6 is 23.1 Å². The van der Waals surface area contributed by atoms with Crippen LogP contribution in [0, 0.1) is 17.0 Å². The Morgan fingerprint density at radius 1 is 1.44 bits per heavy atom. The summed E-state index contributed by atoms with van der Waals surface area (Å²) in [6, 6.07) is 4.39. The Hall–Kier alpha value is -1.80. The molecule has 0 bridgehead atoms. The molecule has 0 saturated carbocycles. The first kappa shape index (κ1) is 12.7. The molecule has 0 unspecified atom stereocenters. The van der Waals surface area contributed by atoms with Crippen LogP contribution in [0.15, 0.2) is 27.4 Å². The molecule has 92 valence electrons. The van der Waals surface area contributed by atoms with Crippen LogP contribution in [0.4, 0.5) is 5.69 Å². The predicted octanol–water partition coefficient (Wildman–Crippen LogP) is 2.72. The summed E-state index contributed by atoms with van der Waals surface area (Å²) >= 11 is 2.75. The third kappa shape index (κ3) is 2.71. The third-order valence-corrected chi connectivity index (χ3v) is 3.91. The SMILES string of the molecule is Cc1nnc(Sc2ccc([N+](=O)[O-])c(C=O)c2)s1. The normalized spacial score (nSPS) is 10.3. The van der Waals surface area contributed by atoms with Crippen molar-refractivity contribution in [1.29, 1.82) is 0 Å². The second-order valence-electron chi connectivity index (χ2n) is 3.28. The number of aromatic nitrogens is 2. The number of nitrogens with zero attached hydrogens (tertiary/aromatic N) is 3. The Morgan fingerprint density at radius 2 is 2.22 bits per heavy atom. The lowest BCUT2D eigenvalue weighted by molar-refractivity contribution is -0.385. The van der Waals surface area contributed by atoms with Crippen molar-refractivity contribution in [3.05, 3.63) is 38.9 Å². The van der Waals surface area contributed by atoms with Crippen molar-refractivity contribution in [2.75, 3.05) is 0 Å². The van der Waals surface area contributed by atoms with E-state index >= 15 is 0 Å². The number of nitro benzene ring substituents is 1. The lowest BCUT2D eigenvalue weighted by atomic mass is 10.2. The first-order chi connectivity index (χ1) is 8.60. The van der Waals surface area contributed by atoms with Crippen LogP contribution in [-0.2, 0) is 0 Å². The maximum absolute atomic E-state index is 10.8. The van der Waals surface area contributed by atoms with Gasteiger partial charge in [0.05, 0.1) is 10.5 Å². The lowest BCUT2D eigenvalue weighted by Crippen LogP contribution is -1.94. The van der Waals surface area contributed by atoms with E-state index in [0.717, 1.165) is 14.2 Å². The molecule has 0 atom stereocenters. The number of carbonyl (C=O) groups excluding carboxylic acids is 1. The molecule has 0 saturated heterocycles. The summed E-state index contributed by atoms with van der Waals surface area (Å²) in [6.45, 7) is 1.84. The van der Waals surface area contributed by atoms with E-state index in [4.69, 9.17) is 0 Å². The molecular weight excluding hydrogens is 274 g/mol. The molecule has 0 aliphatic rings. The summed E-state index contributed by atoms with van der Waals surface area (Å²) in [5.41, 5.74) is -0.131. The molecule has 1 aromatic heterocycles. The molecule has 0 fully saturated rings. The Bertz CT molecular complexity index is 612. The van der Waals surface area contributed by atoms with Gasteiger partial charge in [0.25, 0.3) is 5.69 Å². The molecule has 0 spiro atoms. The first-order valence-electron chi connectivity index (χ1n) is 4.81. The summed E-state index contributed by atoms with van der Waals surface area (Å²) < 4.78 is 0.734. The molecule has 2 rings (SSSR count). The average molecular weight is 281 g/mol. The summed E-state index contributed by atoms with van der Waals surface area (Å²) in [5, 5.41) is 19.3. The average Bonchev–Trinajstić information content (AvgIpc) is 2.74. The van der Waals surface area contributed by atoms with Gasteiger partial charge in [-0.15, -0.1) is 10.2 Å². The molecule has 6 nitrogen and oxygen atoms in total. The van der Waals surface area contributed by atoms with Crippen molar-refractivity contribution in [2.24, 2.45) is 0 Å². The Morgan fingerprint density at radius 3 is 2.78 bits per heavy atom. The Labute approximate surface area is 110 Å². The smallest absolute Gasteiger partial charge is 0.279 e. The van der Waals surface area contributed by atoms with Crippen LogP contribution in [0.5, 0.6) is 0 Å². The number of aryl methyl sites for hydroxylation is 1. The van der Waals surface area contributed by atoms with Gasteiger partial charge in [0.1, 0.15) is 5.01 Å². The largest absolute Gasteiger partial charge is 0.298 e. The minimum atomic E-state index is -0.576. The van der Waals surface area contributed by atoms with Crippen molar-refractivity contribution in [3.63, 3.8) is 0 Å². The summed E-state index contributed by atoms with van der Waals surface area (Å²) in [6.07, 6.45) is 0.480. The molecule has 0 radical (unpaired) electrons. The molecule has 0 N–H and O–H groups in total. The van der Waals surface area contributed by atoms with Crippen molar-refractivity contribution in [1.82, 2.24) is 10.2 Å². The third-order valence-electron chi connectivity index (χ3n) is 2.04. The minimum absolute atomic E-state index is 0.0613. The van der Waals surface area contributed by atoms with Crippen LogP contribution < -0.4 is 0 Å². The second kappa shape index (κ2) is 5.23. The van der Waals surface area contributed by atoms with Crippen molar-refractivity contribution < 1.29 is 9.72 Å². The van der Waals surface area contributed by atoms with Crippen molar-refractivity contribution in [2.45, 2.75) is 16.2 Å². The van der Waals surface area contributed by atoms with E-state index in [2.05, 4.69) is 10.2 Å². The highest BCUT2D eigenvalue weighted by Crippen LogP contribution is 2.32. The zero-order chi connectivity index (χ0) is 13.1. The van der Waals surface area contributed by atoms with Gasteiger partial charge in [-0.1, -0.05) is 23.1 Å². The summed E-state index contributed by atoms with van der Waals surface area (Å²) in [7, 11) is 0. The molecule has 0 amide bonds. The molecule has 0 aliphatic heterocycles. The molecular formula is C10H7N3O3S2. The van der Waals surface area contributed by atoms with Gasteiger partial charge in [0.15, 0.2) is 10.6 Å². The maximum atomic E-state index is 10.8. The van der Waals surface area contributed by atoms with Gasteiger partial charge in [0.2, 0.25) is 0 Å². The number of rotatable bonds is 4. The number of hydrogen-bond donors (Lipinski definition) is 0. The molecule has 8 heteroatoms. The number of nitro groups is 1. The molecule has 2 aromatic rings. The first-order valence-corrected chi connectivity index (χ1v) is 6.45. The molecule has 18 heavy (non-hydrogen) atoms. The Kier molecular flexibility index (Phi) is 3.68. The highest BCUT2D eigenvalue weighted by Gasteiger charge is 2.14.